The lowest BCUT2D eigenvalue weighted by molar-refractivity contribution is 0.483. The highest BCUT2D eigenvalue weighted by molar-refractivity contribution is 8.32. The molecule has 226 valence electrons. The molecule has 0 aliphatic carbocycles. The van der Waals surface area contributed by atoms with Crippen molar-refractivity contribution >= 4 is 72.2 Å². The monoisotopic (exact) mass is 629 g/mol. The molecule has 0 saturated carbocycles. The van der Waals surface area contributed by atoms with Crippen molar-refractivity contribution in [2.75, 3.05) is 35.5 Å². The van der Waals surface area contributed by atoms with Gasteiger partial charge in [-0.05, 0) is 108 Å². The molecule has 0 aliphatic rings. The van der Waals surface area contributed by atoms with E-state index in [4.69, 9.17) is 16.9 Å². The van der Waals surface area contributed by atoms with Crippen LogP contribution >= 0.6 is 21.8 Å². The zero-order valence-electron chi connectivity index (χ0n) is 24.4. The molecule has 0 fully saturated rings. The average molecular weight is 630 g/mol. The van der Waals surface area contributed by atoms with Crippen LogP contribution in [0.2, 0.25) is 0 Å². The molecule has 0 atom stereocenters. The highest BCUT2D eigenvalue weighted by Crippen LogP contribution is 2.49. The summed E-state index contributed by atoms with van der Waals surface area (Å²) < 4.78 is 34.1. The van der Waals surface area contributed by atoms with Crippen molar-refractivity contribution in [1.29, 1.82) is 5.41 Å². The van der Waals surface area contributed by atoms with Crippen LogP contribution in [-0.4, -0.2) is 43.2 Å². The smallest absolute Gasteiger partial charge is 0.296 e. The van der Waals surface area contributed by atoms with Crippen molar-refractivity contribution in [2.24, 2.45) is 20.5 Å². The third-order valence-corrected chi connectivity index (χ3v) is 11.3. The van der Waals surface area contributed by atoms with E-state index >= 15 is 0 Å². The summed E-state index contributed by atoms with van der Waals surface area (Å²) in [6.45, 7) is 4.01. The molecule has 0 aliphatic heterocycles. The van der Waals surface area contributed by atoms with Crippen LogP contribution in [0, 0.1) is 5.41 Å². The molecule has 0 unspecified atom stereocenters. The van der Waals surface area contributed by atoms with Crippen molar-refractivity contribution in [2.45, 2.75) is 54.2 Å². The van der Waals surface area contributed by atoms with Gasteiger partial charge in [-0.1, -0.05) is 20.3 Å². The number of nitrogens with one attached hydrogen (secondary N) is 1. The Morgan fingerprint density at radius 1 is 0.929 bits per heavy atom. The topological polar surface area (TPSA) is 180 Å². The van der Waals surface area contributed by atoms with E-state index in [1.165, 1.54) is 35.0 Å². The number of thioether (sulfide) groups is 1. The largest absolute Gasteiger partial charge is 0.397 e. The number of hydrogen-bond donors (Lipinski definition) is 4. The van der Waals surface area contributed by atoms with Gasteiger partial charge in [-0.25, -0.2) is 10.0 Å². The summed E-state index contributed by atoms with van der Waals surface area (Å²) in [7, 11) is -5.57. The van der Waals surface area contributed by atoms with Crippen LogP contribution < -0.4 is 11.5 Å². The first-order valence-electron chi connectivity index (χ1n) is 13.5. The van der Waals surface area contributed by atoms with E-state index in [1.54, 1.807) is 12.1 Å². The minimum absolute atomic E-state index is 0.0134. The number of hydrogen-bond acceptors (Lipinski definition) is 10. The van der Waals surface area contributed by atoms with E-state index in [2.05, 4.69) is 39.9 Å². The first kappa shape index (κ1) is 33.2. The molecule has 3 rings (SSSR count). The fourth-order valence-electron chi connectivity index (χ4n) is 4.00. The van der Waals surface area contributed by atoms with Crippen LogP contribution in [0.1, 0.15) is 38.7 Å². The predicted molar refractivity (Wildman–Crippen MR) is 177 cm³/mol. The quantitative estimate of drug-likeness (QED) is 0.0345. The number of azo groups is 2. The maximum Gasteiger partial charge on any atom is 0.296 e. The molecular weight excluding hydrogens is 591 g/mol. The van der Waals surface area contributed by atoms with Crippen LogP contribution in [-0.2, 0) is 16.5 Å². The lowest BCUT2D eigenvalue weighted by Gasteiger charge is -2.31. The number of nitrogen functional groups attached to an aromatic ring is 2. The molecule has 0 aromatic heterocycles. The van der Waals surface area contributed by atoms with Crippen LogP contribution in [0.3, 0.4) is 0 Å². The standard InChI is InChI=1S/C29H39N7O3S3/c1-5-7-16-40-22-11-14-24(26(19-22)42(37,38)39)34-35-25-18-20(6-2)27(31)29(28(25)32)36-33-21-9-12-23(13-10-21)41(3,4)17-8-15-30/h9-15,18-19,30H,5-8,16-17,31-32H2,1-4H3,(H,37,38,39). The first-order chi connectivity index (χ1) is 19.9. The Balaban J connectivity index is 1.95. The molecule has 0 heterocycles. The Morgan fingerprint density at radius 3 is 2.24 bits per heavy atom. The Labute approximate surface area is 254 Å². The van der Waals surface area contributed by atoms with E-state index in [0.29, 0.717) is 22.7 Å². The fourth-order valence-corrected chi connectivity index (χ4v) is 7.57. The molecule has 6 N–H and O–H groups in total. The van der Waals surface area contributed by atoms with Crippen molar-refractivity contribution in [3.8, 4) is 0 Å². The van der Waals surface area contributed by atoms with Gasteiger partial charge in [-0.2, -0.15) is 13.5 Å². The number of nitrogens with two attached hydrogens (primary N) is 2. The van der Waals surface area contributed by atoms with Crippen LogP contribution in [0.15, 0.2) is 83.7 Å². The second-order valence-corrected chi connectivity index (χ2v) is 16.5. The number of aryl methyl sites for hydroxylation is 1. The molecule has 13 heteroatoms. The van der Waals surface area contributed by atoms with Gasteiger partial charge in [0.1, 0.15) is 22.0 Å². The van der Waals surface area contributed by atoms with Gasteiger partial charge in [0, 0.05) is 4.90 Å². The molecule has 3 aromatic rings. The summed E-state index contributed by atoms with van der Waals surface area (Å²) in [5.74, 6) is 1.77. The van der Waals surface area contributed by atoms with Gasteiger partial charge in [0.25, 0.3) is 10.1 Å². The number of rotatable bonds is 14. The summed E-state index contributed by atoms with van der Waals surface area (Å²) in [5.41, 5.74) is 15.1. The molecule has 0 radical (unpaired) electrons. The molecule has 0 bridgehead atoms. The minimum atomic E-state index is -4.55. The summed E-state index contributed by atoms with van der Waals surface area (Å²) >= 11 is 1.51. The summed E-state index contributed by atoms with van der Waals surface area (Å²) in [6.07, 6.45) is 9.21. The molecule has 0 saturated heterocycles. The fraction of sp³-hybridized carbons (Fsp3) is 0.345. The Kier molecular flexibility index (Phi) is 11.7. The summed E-state index contributed by atoms with van der Waals surface area (Å²) in [4.78, 5) is 1.60. The average Bonchev–Trinajstić information content (AvgIpc) is 2.96. The van der Waals surface area contributed by atoms with Gasteiger partial charge < -0.3 is 16.9 Å². The van der Waals surface area contributed by atoms with E-state index in [1.807, 2.05) is 31.2 Å². The van der Waals surface area contributed by atoms with E-state index < -0.39 is 20.1 Å². The minimum Gasteiger partial charge on any atom is -0.397 e. The van der Waals surface area contributed by atoms with Crippen molar-refractivity contribution in [3.05, 3.63) is 54.1 Å². The summed E-state index contributed by atoms with van der Waals surface area (Å²) in [5, 5.41) is 24.4. The molecular formula is C29H39N7O3S3. The van der Waals surface area contributed by atoms with Crippen molar-refractivity contribution in [1.82, 2.24) is 0 Å². The third kappa shape index (κ3) is 8.63. The third-order valence-electron chi connectivity index (χ3n) is 6.58. The maximum absolute atomic E-state index is 12.1. The Morgan fingerprint density at radius 2 is 1.62 bits per heavy atom. The van der Waals surface area contributed by atoms with Crippen molar-refractivity contribution < 1.29 is 13.0 Å². The maximum atomic E-state index is 12.1. The summed E-state index contributed by atoms with van der Waals surface area (Å²) in [6, 6.07) is 14.2. The van der Waals surface area contributed by atoms with Gasteiger partial charge in [-0.15, -0.1) is 27.1 Å². The Hall–Kier alpha value is -3.26. The number of unbranched alkanes of at least 4 members (excludes halogenated alkanes) is 1. The number of nitrogens with zero attached hydrogens (tertiary/aromatic N) is 4. The van der Waals surface area contributed by atoms with Crippen LogP contribution in [0.5, 0.6) is 0 Å². The van der Waals surface area contributed by atoms with Crippen LogP contribution in [0.25, 0.3) is 0 Å². The molecule has 10 nitrogen and oxygen atoms in total. The zero-order chi connectivity index (χ0) is 30.9. The molecule has 3 aromatic carbocycles. The van der Waals surface area contributed by atoms with E-state index in [0.717, 1.165) is 36.3 Å². The predicted octanol–water partition coefficient (Wildman–Crippen LogP) is 8.85. The van der Waals surface area contributed by atoms with Gasteiger partial charge in [0.2, 0.25) is 0 Å². The molecule has 42 heavy (non-hydrogen) atoms. The van der Waals surface area contributed by atoms with Gasteiger partial charge in [0.05, 0.1) is 17.1 Å². The van der Waals surface area contributed by atoms with Gasteiger partial charge >= 0.3 is 0 Å². The van der Waals surface area contributed by atoms with Gasteiger partial charge in [-0.3, -0.25) is 4.55 Å². The second kappa shape index (κ2) is 14.8. The van der Waals surface area contributed by atoms with Crippen LogP contribution in [0.4, 0.5) is 34.1 Å². The van der Waals surface area contributed by atoms with E-state index in [-0.39, 0.29) is 27.6 Å². The van der Waals surface area contributed by atoms with Crippen molar-refractivity contribution in [3.63, 3.8) is 0 Å². The Bertz CT molecular complexity index is 1570. The SMILES string of the molecule is CCCCSc1ccc(N=Nc2cc(CC)c(N)c(N=Nc3ccc(S(C)(C)CCC=N)cc3)c2N)c(S(=O)(=O)O)c1. The first-order valence-corrected chi connectivity index (χ1v) is 18.5. The number of benzene rings is 3. The highest BCUT2D eigenvalue weighted by Gasteiger charge is 2.18. The van der Waals surface area contributed by atoms with Gasteiger partial charge in [0.15, 0.2) is 0 Å². The molecule has 0 spiro atoms. The zero-order valence-corrected chi connectivity index (χ0v) is 26.8. The second-order valence-electron chi connectivity index (χ2n) is 10.0. The highest BCUT2D eigenvalue weighted by atomic mass is 32.3. The number of anilines is 2. The lowest BCUT2D eigenvalue weighted by Crippen LogP contribution is -2.02. The normalized spacial score (nSPS) is 12.8. The molecule has 0 amide bonds. The van der Waals surface area contributed by atoms with E-state index in [9.17, 15) is 13.0 Å². The lowest BCUT2D eigenvalue weighted by atomic mass is 10.1.